The lowest BCUT2D eigenvalue weighted by atomic mass is 10.1. The van der Waals surface area contributed by atoms with E-state index in [1.807, 2.05) is 29.2 Å². The third-order valence-corrected chi connectivity index (χ3v) is 6.00. The first kappa shape index (κ1) is 18.3. The van der Waals surface area contributed by atoms with Gasteiger partial charge in [-0.3, -0.25) is 14.5 Å². The molecule has 2 atom stereocenters. The fraction of sp³-hybridized carbons (Fsp3) is 0.600. The summed E-state index contributed by atoms with van der Waals surface area (Å²) in [6, 6.07) is 7.90. The van der Waals surface area contributed by atoms with E-state index in [9.17, 15) is 9.59 Å². The standard InChI is InChI=1S/C20H28N4O3/c1-27-18-4-2-16(3-5-18)24-13-15(12-19(24)25)20(26)23-9-6-17(14-23)22-10-7-21-8-11-22/h2-5,15,17,21H,6-14H2,1H3. The second kappa shape index (κ2) is 7.86. The zero-order chi connectivity index (χ0) is 18.8. The van der Waals surface area contributed by atoms with Gasteiger partial charge in [0.15, 0.2) is 0 Å². The highest BCUT2D eigenvalue weighted by Crippen LogP contribution is 2.29. The van der Waals surface area contributed by atoms with E-state index in [0.29, 0.717) is 19.0 Å². The van der Waals surface area contributed by atoms with Gasteiger partial charge in [0.1, 0.15) is 5.75 Å². The zero-order valence-corrected chi connectivity index (χ0v) is 15.9. The van der Waals surface area contributed by atoms with Gasteiger partial charge in [-0.2, -0.15) is 0 Å². The summed E-state index contributed by atoms with van der Waals surface area (Å²) in [6.07, 6.45) is 1.34. The van der Waals surface area contributed by atoms with Crippen LogP contribution in [-0.4, -0.2) is 80.6 Å². The van der Waals surface area contributed by atoms with Crippen LogP contribution in [0, 0.1) is 5.92 Å². The summed E-state index contributed by atoms with van der Waals surface area (Å²) < 4.78 is 5.17. The Hall–Kier alpha value is -2.12. The van der Waals surface area contributed by atoms with Gasteiger partial charge in [0.25, 0.3) is 0 Å². The van der Waals surface area contributed by atoms with Gasteiger partial charge in [-0.15, -0.1) is 0 Å². The number of anilines is 1. The first-order valence-electron chi connectivity index (χ1n) is 9.83. The molecule has 0 aromatic heterocycles. The van der Waals surface area contributed by atoms with Crippen molar-refractivity contribution in [3.05, 3.63) is 24.3 Å². The average molecular weight is 372 g/mol. The molecule has 3 aliphatic heterocycles. The molecule has 0 bridgehead atoms. The summed E-state index contributed by atoms with van der Waals surface area (Å²) in [4.78, 5) is 31.7. The molecule has 3 heterocycles. The molecule has 3 aliphatic rings. The van der Waals surface area contributed by atoms with E-state index in [0.717, 1.165) is 57.1 Å². The Morgan fingerprint density at radius 1 is 1.11 bits per heavy atom. The second-order valence-corrected chi connectivity index (χ2v) is 7.62. The highest BCUT2D eigenvalue weighted by molar-refractivity contribution is 6.00. The van der Waals surface area contributed by atoms with Crippen LogP contribution in [0.4, 0.5) is 5.69 Å². The Bertz CT molecular complexity index is 687. The van der Waals surface area contributed by atoms with Gasteiger partial charge in [0.2, 0.25) is 11.8 Å². The van der Waals surface area contributed by atoms with E-state index in [1.54, 1.807) is 12.0 Å². The predicted molar refractivity (Wildman–Crippen MR) is 103 cm³/mol. The molecule has 27 heavy (non-hydrogen) atoms. The number of nitrogens with one attached hydrogen (secondary N) is 1. The number of likely N-dealkylation sites (tertiary alicyclic amines) is 1. The number of amides is 2. The molecule has 7 heteroatoms. The lowest BCUT2D eigenvalue weighted by Gasteiger charge is -2.32. The largest absolute Gasteiger partial charge is 0.497 e. The van der Waals surface area contributed by atoms with Crippen molar-refractivity contribution >= 4 is 17.5 Å². The first-order chi connectivity index (χ1) is 13.2. The Morgan fingerprint density at radius 2 is 1.85 bits per heavy atom. The molecule has 1 aromatic rings. The molecule has 3 saturated heterocycles. The van der Waals surface area contributed by atoms with E-state index in [1.165, 1.54) is 0 Å². The van der Waals surface area contributed by atoms with Crippen molar-refractivity contribution in [2.75, 3.05) is 57.8 Å². The summed E-state index contributed by atoms with van der Waals surface area (Å²) in [5.74, 6) is 0.684. The Balaban J connectivity index is 1.36. The molecule has 1 N–H and O–H groups in total. The van der Waals surface area contributed by atoms with E-state index >= 15 is 0 Å². The van der Waals surface area contributed by atoms with Crippen LogP contribution < -0.4 is 15.0 Å². The van der Waals surface area contributed by atoms with Crippen molar-refractivity contribution in [2.24, 2.45) is 5.92 Å². The predicted octanol–water partition coefficient (Wildman–Crippen LogP) is 0.554. The average Bonchev–Trinajstić information content (AvgIpc) is 3.35. The summed E-state index contributed by atoms with van der Waals surface area (Å²) in [5.41, 5.74) is 0.830. The van der Waals surface area contributed by atoms with Crippen LogP contribution in [-0.2, 0) is 9.59 Å². The molecular weight excluding hydrogens is 344 g/mol. The van der Waals surface area contributed by atoms with Crippen LogP contribution in [0.1, 0.15) is 12.8 Å². The number of nitrogens with zero attached hydrogens (tertiary/aromatic N) is 3. The number of rotatable bonds is 4. The van der Waals surface area contributed by atoms with Gasteiger partial charge in [-0.25, -0.2) is 0 Å². The second-order valence-electron chi connectivity index (χ2n) is 7.62. The van der Waals surface area contributed by atoms with Crippen molar-refractivity contribution in [3.8, 4) is 5.75 Å². The summed E-state index contributed by atoms with van der Waals surface area (Å²) >= 11 is 0. The fourth-order valence-electron chi connectivity index (χ4n) is 4.43. The minimum absolute atomic E-state index is 0.0244. The molecule has 3 fully saturated rings. The van der Waals surface area contributed by atoms with Crippen molar-refractivity contribution < 1.29 is 14.3 Å². The maximum atomic E-state index is 13.0. The fourth-order valence-corrected chi connectivity index (χ4v) is 4.43. The number of carbonyl (C=O) groups excluding carboxylic acids is 2. The maximum absolute atomic E-state index is 13.0. The van der Waals surface area contributed by atoms with Crippen molar-refractivity contribution in [3.63, 3.8) is 0 Å². The number of ether oxygens (including phenoxy) is 1. The molecule has 2 amide bonds. The molecule has 0 saturated carbocycles. The lowest BCUT2D eigenvalue weighted by Crippen LogP contribution is -2.49. The first-order valence-corrected chi connectivity index (χ1v) is 9.83. The van der Waals surface area contributed by atoms with E-state index in [-0.39, 0.29) is 17.7 Å². The van der Waals surface area contributed by atoms with Gasteiger partial charge in [-0.05, 0) is 30.7 Å². The van der Waals surface area contributed by atoms with Crippen LogP contribution in [0.5, 0.6) is 5.75 Å². The summed E-state index contributed by atoms with van der Waals surface area (Å²) in [6.45, 7) is 6.24. The van der Waals surface area contributed by atoms with Crippen molar-refractivity contribution in [2.45, 2.75) is 18.9 Å². The normalized spacial score (nSPS) is 26.6. The number of methoxy groups -OCH3 is 1. The third-order valence-electron chi connectivity index (χ3n) is 6.00. The lowest BCUT2D eigenvalue weighted by molar-refractivity contribution is -0.135. The Kier molecular flexibility index (Phi) is 5.31. The Morgan fingerprint density at radius 3 is 2.56 bits per heavy atom. The summed E-state index contributed by atoms with van der Waals surface area (Å²) in [7, 11) is 1.62. The highest BCUT2D eigenvalue weighted by Gasteiger charge is 2.40. The molecule has 146 valence electrons. The van der Waals surface area contributed by atoms with Crippen LogP contribution in [0.2, 0.25) is 0 Å². The van der Waals surface area contributed by atoms with E-state index in [2.05, 4.69) is 10.2 Å². The molecule has 4 rings (SSSR count). The quantitative estimate of drug-likeness (QED) is 0.836. The summed E-state index contributed by atoms with van der Waals surface area (Å²) in [5, 5.41) is 3.38. The Labute approximate surface area is 160 Å². The number of carbonyl (C=O) groups is 2. The molecule has 0 radical (unpaired) electrons. The number of piperazine rings is 1. The van der Waals surface area contributed by atoms with Gasteiger partial charge in [-0.1, -0.05) is 0 Å². The van der Waals surface area contributed by atoms with E-state index < -0.39 is 0 Å². The van der Waals surface area contributed by atoms with Gasteiger partial charge >= 0.3 is 0 Å². The molecule has 0 aliphatic carbocycles. The van der Waals surface area contributed by atoms with Crippen LogP contribution in [0.3, 0.4) is 0 Å². The number of benzene rings is 1. The minimum atomic E-state index is -0.235. The number of hydrogen-bond acceptors (Lipinski definition) is 5. The molecule has 1 aromatic carbocycles. The highest BCUT2D eigenvalue weighted by atomic mass is 16.5. The van der Waals surface area contributed by atoms with Gasteiger partial charge in [0.05, 0.1) is 13.0 Å². The van der Waals surface area contributed by atoms with E-state index in [4.69, 9.17) is 4.74 Å². The minimum Gasteiger partial charge on any atom is -0.497 e. The zero-order valence-electron chi connectivity index (χ0n) is 15.9. The molecular formula is C20H28N4O3. The van der Waals surface area contributed by atoms with Crippen LogP contribution >= 0.6 is 0 Å². The molecule has 7 nitrogen and oxygen atoms in total. The van der Waals surface area contributed by atoms with Gasteiger partial charge < -0.3 is 19.9 Å². The molecule has 2 unspecified atom stereocenters. The number of hydrogen-bond donors (Lipinski definition) is 1. The van der Waals surface area contributed by atoms with Gasteiger partial charge in [0, 0.05) is 64.0 Å². The van der Waals surface area contributed by atoms with Crippen LogP contribution in [0.15, 0.2) is 24.3 Å². The van der Waals surface area contributed by atoms with Crippen molar-refractivity contribution in [1.29, 1.82) is 0 Å². The van der Waals surface area contributed by atoms with Crippen molar-refractivity contribution in [1.82, 2.24) is 15.1 Å². The topological polar surface area (TPSA) is 65.1 Å². The third kappa shape index (κ3) is 3.80. The maximum Gasteiger partial charge on any atom is 0.228 e. The smallest absolute Gasteiger partial charge is 0.228 e. The molecule has 0 spiro atoms. The SMILES string of the molecule is COc1ccc(N2CC(C(=O)N3CCC(N4CCNCC4)C3)CC2=O)cc1. The monoisotopic (exact) mass is 372 g/mol. The van der Waals surface area contributed by atoms with Crippen LogP contribution in [0.25, 0.3) is 0 Å².